The van der Waals surface area contributed by atoms with Gasteiger partial charge < -0.3 is 14.3 Å². The summed E-state index contributed by atoms with van der Waals surface area (Å²) in [5, 5.41) is 12.6. The third-order valence-corrected chi connectivity index (χ3v) is 12.3. The maximum absolute atomic E-state index is 12.5. The van der Waals surface area contributed by atoms with Gasteiger partial charge in [0.05, 0.1) is 12.5 Å². The molecule has 34 heavy (non-hydrogen) atoms. The van der Waals surface area contributed by atoms with E-state index >= 15 is 0 Å². The number of ether oxygens (including phenoxy) is 1. The van der Waals surface area contributed by atoms with Crippen LogP contribution >= 0.6 is 0 Å². The van der Waals surface area contributed by atoms with Crippen LogP contribution in [0.25, 0.3) is 0 Å². The molecule has 0 bridgehead atoms. The number of hydrogen-bond acceptors (Lipinski definition) is 3. The Hall–Kier alpha value is -2.56. The Morgan fingerprint density at radius 1 is 0.912 bits per heavy atom. The summed E-state index contributed by atoms with van der Waals surface area (Å²) in [5.41, 5.74) is 4.98. The van der Waals surface area contributed by atoms with Crippen LogP contribution in [-0.4, -0.2) is 20.0 Å². The Bertz CT molecular complexity index is 1170. The number of benzene rings is 3. The quantitative estimate of drug-likeness (QED) is 0.400. The van der Waals surface area contributed by atoms with Crippen LogP contribution in [0.4, 0.5) is 0 Å². The van der Waals surface area contributed by atoms with E-state index < -0.39 is 13.9 Å². The Morgan fingerprint density at radius 3 is 2.12 bits per heavy atom. The van der Waals surface area contributed by atoms with Gasteiger partial charge in [0.25, 0.3) is 0 Å². The summed E-state index contributed by atoms with van der Waals surface area (Å²) in [6, 6.07) is 20.6. The first-order valence-electron chi connectivity index (χ1n) is 12.2. The van der Waals surface area contributed by atoms with E-state index in [0.29, 0.717) is 6.61 Å². The van der Waals surface area contributed by atoms with E-state index in [1.807, 2.05) is 30.3 Å². The van der Waals surface area contributed by atoms with Gasteiger partial charge in [-0.05, 0) is 73.3 Å². The zero-order chi connectivity index (χ0) is 24.9. The van der Waals surface area contributed by atoms with Crippen molar-refractivity contribution in [2.24, 2.45) is 0 Å². The maximum Gasteiger partial charge on any atom is 0.250 e. The first-order valence-corrected chi connectivity index (χ1v) is 15.1. The zero-order valence-electron chi connectivity index (χ0n) is 21.8. The van der Waals surface area contributed by atoms with Crippen molar-refractivity contribution >= 4 is 8.32 Å². The smallest absolute Gasteiger partial charge is 0.250 e. The van der Waals surface area contributed by atoms with Crippen LogP contribution in [0, 0.1) is 20.8 Å². The molecule has 0 fully saturated rings. The van der Waals surface area contributed by atoms with Gasteiger partial charge in [-0.3, -0.25) is 0 Å². The summed E-state index contributed by atoms with van der Waals surface area (Å²) in [4.78, 5) is 0. The second kappa shape index (κ2) is 8.58. The Balaban J connectivity index is 1.78. The highest BCUT2D eigenvalue weighted by molar-refractivity contribution is 6.74. The second-order valence-corrected chi connectivity index (χ2v) is 16.0. The number of aryl methyl sites for hydroxylation is 2. The highest BCUT2D eigenvalue weighted by Gasteiger charge is 2.47. The molecule has 0 saturated carbocycles. The van der Waals surface area contributed by atoms with E-state index in [2.05, 4.69) is 85.0 Å². The van der Waals surface area contributed by atoms with Gasteiger partial charge >= 0.3 is 0 Å². The van der Waals surface area contributed by atoms with Crippen LogP contribution in [0.2, 0.25) is 18.1 Å². The van der Waals surface area contributed by atoms with Gasteiger partial charge in [0.1, 0.15) is 17.1 Å². The molecule has 0 radical (unpaired) electrons. The second-order valence-electron chi connectivity index (χ2n) is 11.3. The molecule has 3 aromatic rings. The first-order chi connectivity index (χ1) is 15.8. The molecule has 3 nitrogen and oxygen atoms in total. The Kier molecular flexibility index (Phi) is 6.20. The van der Waals surface area contributed by atoms with Crippen LogP contribution in [0.1, 0.15) is 60.1 Å². The van der Waals surface area contributed by atoms with E-state index in [9.17, 15) is 5.11 Å². The molecular formula is C30H38O3Si. The molecule has 4 heteroatoms. The molecule has 4 rings (SSSR count). The fourth-order valence-electron chi connectivity index (χ4n) is 4.47. The van der Waals surface area contributed by atoms with E-state index in [4.69, 9.17) is 9.16 Å². The molecule has 0 saturated heterocycles. The molecule has 0 aliphatic carbocycles. The largest absolute Gasteiger partial charge is 0.544 e. The number of hydrogen-bond donors (Lipinski definition) is 1. The van der Waals surface area contributed by atoms with Gasteiger partial charge in [-0.2, -0.15) is 0 Å². The van der Waals surface area contributed by atoms with Crippen molar-refractivity contribution in [3.63, 3.8) is 0 Å². The minimum Gasteiger partial charge on any atom is -0.544 e. The Morgan fingerprint density at radius 2 is 1.53 bits per heavy atom. The van der Waals surface area contributed by atoms with Gasteiger partial charge in [-0.1, -0.05) is 74.9 Å². The topological polar surface area (TPSA) is 38.7 Å². The van der Waals surface area contributed by atoms with Gasteiger partial charge in [-0.25, -0.2) is 0 Å². The lowest BCUT2D eigenvalue weighted by Gasteiger charge is -2.43. The van der Waals surface area contributed by atoms with Gasteiger partial charge in [-0.15, -0.1) is 0 Å². The number of rotatable bonds is 4. The standard InChI is InChI=1S/C30H38O3Si/c1-20-9-14-24(15-10-20)30(31)26-18-11-21(2)22(3)28(26)32-19-27(30)23-12-16-25(17-13-23)33-34(7,8)29(4,5)6/h9-18,27,31H,19H2,1-8H3. The molecule has 2 unspecified atom stereocenters. The minimum absolute atomic E-state index is 0.133. The number of fused-ring (bicyclic) bond motifs is 1. The highest BCUT2D eigenvalue weighted by atomic mass is 28.4. The average Bonchev–Trinajstić information content (AvgIpc) is 2.77. The minimum atomic E-state index is -1.92. The molecule has 0 spiro atoms. The molecule has 1 aliphatic heterocycles. The van der Waals surface area contributed by atoms with E-state index in [1.54, 1.807) is 0 Å². The molecule has 1 aliphatic rings. The predicted molar refractivity (Wildman–Crippen MR) is 143 cm³/mol. The number of aliphatic hydroxyl groups is 1. The van der Waals surface area contributed by atoms with Crippen LogP contribution in [0.15, 0.2) is 60.7 Å². The van der Waals surface area contributed by atoms with Crippen LogP contribution in [0.5, 0.6) is 11.5 Å². The lowest BCUT2D eigenvalue weighted by molar-refractivity contribution is 0.0103. The van der Waals surface area contributed by atoms with Gasteiger partial charge in [0, 0.05) is 5.56 Å². The lowest BCUT2D eigenvalue weighted by atomic mass is 9.71. The van der Waals surface area contributed by atoms with E-state index in [1.165, 1.54) is 5.56 Å². The molecule has 180 valence electrons. The van der Waals surface area contributed by atoms with Crippen molar-refractivity contribution in [1.29, 1.82) is 0 Å². The summed E-state index contributed by atoms with van der Waals surface area (Å²) in [7, 11) is -1.92. The summed E-state index contributed by atoms with van der Waals surface area (Å²) < 4.78 is 12.8. The van der Waals surface area contributed by atoms with Crippen molar-refractivity contribution in [2.45, 2.75) is 71.2 Å². The zero-order valence-corrected chi connectivity index (χ0v) is 22.8. The van der Waals surface area contributed by atoms with Crippen molar-refractivity contribution in [3.05, 3.63) is 94.0 Å². The average molecular weight is 475 g/mol. The molecule has 1 heterocycles. The lowest BCUT2D eigenvalue weighted by Crippen LogP contribution is -2.44. The molecule has 2 atom stereocenters. The molecular weight excluding hydrogens is 436 g/mol. The van der Waals surface area contributed by atoms with Crippen LogP contribution < -0.4 is 9.16 Å². The summed E-state index contributed by atoms with van der Waals surface area (Å²) >= 11 is 0. The van der Waals surface area contributed by atoms with Gasteiger partial charge in [0.15, 0.2) is 0 Å². The summed E-state index contributed by atoms with van der Waals surface area (Å²) in [5.74, 6) is 1.45. The maximum atomic E-state index is 12.5. The van der Waals surface area contributed by atoms with Gasteiger partial charge in [0.2, 0.25) is 8.32 Å². The van der Waals surface area contributed by atoms with E-state index in [0.717, 1.165) is 39.3 Å². The first kappa shape index (κ1) is 24.6. The van der Waals surface area contributed by atoms with Crippen molar-refractivity contribution in [1.82, 2.24) is 0 Å². The molecule has 0 aromatic heterocycles. The van der Waals surface area contributed by atoms with Crippen molar-refractivity contribution < 1.29 is 14.3 Å². The van der Waals surface area contributed by atoms with Crippen LogP contribution in [0.3, 0.4) is 0 Å². The Labute approximate surface area is 205 Å². The predicted octanol–water partition coefficient (Wildman–Crippen LogP) is 7.41. The fourth-order valence-corrected chi connectivity index (χ4v) is 5.50. The SMILES string of the molecule is Cc1ccc(C2(O)c3ccc(C)c(C)c3OCC2c2ccc(O[Si](C)(C)C(C)(C)C)cc2)cc1. The molecule has 1 N–H and O–H groups in total. The monoisotopic (exact) mass is 474 g/mol. The van der Waals surface area contributed by atoms with E-state index in [-0.39, 0.29) is 11.0 Å². The highest BCUT2D eigenvalue weighted by Crippen LogP contribution is 2.51. The molecule has 3 aromatic carbocycles. The van der Waals surface area contributed by atoms with Crippen molar-refractivity contribution in [3.8, 4) is 11.5 Å². The molecule has 0 amide bonds. The van der Waals surface area contributed by atoms with Crippen LogP contribution in [-0.2, 0) is 5.60 Å². The third kappa shape index (κ3) is 4.18. The van der Waals surface area contributed by atoms with Crippen molar-refractivity contribution in [2.75, 3.05) is 6.61 Å². The summed E-state index contributed by atoms with van der Waals surface area (Å²) in [6.07, 6.45) is 0. The normalized spacial score (nSPS) is 20.4. The summed E-state index contributed by atoms with van der Waals surface area (Å²) in [6.45, 7) is 17.9. The third-order valence-electron chi connectivity index (χ3n) is 7.94. The fraction of sp³-hybridized carbons (Fsp3) is 0.400.